The predicted molar refractivity (Wildman–Crippen MR) is 50.7 cm³/mol. The zero-order valence-corrected chi connectivity index (χ0v) is 10.7. The number of rotatable bonds is 1. The van der Waals surface area contributed by atoms with Gasteiger partial charge in [-0.05, 0) is 19.1 Å². The van der Waals surface area contributed by atoms with E-state index in [0.717, 1.165) is 12.8 Å². The number of fused-ring (bicyclic) bond motifs is 1. The smallest absolute Gasteiger partial charge is 0.0505 e. The molecule has 1 aliphatic rings. The monoisotopic (exact) mass is 247 g/mol. The summed E-state index contributed by atoms with van der Waals surface area (Å²) < 4.78 is 0. The van der Waals surface area contributed by atoms with Gasteiger partial charge in [0.15, 0.2) is 0 Å². The first-order valence-corrected chi connectivity index (χ1v) is 4.43. The normalized spacial score (nSPS) is 19.0. The van der Waals surface area contributed by atoms with Crippen molar-refractivity contribution in [3.05, 3.63) is 35.4 Å². The van der Waals surface area contributed by atoms with Crippen LogP contribution >= 0.6 is 0 Å². The molecule has 1 aliphatic heterocycles. The van der Waals surface area contributed by atoms with Gasteiger partial charge in [0, 0.05) is 32.7 Å². The van der Waals surface area contributed by atoms with Crippen molar-refractivity contribution in [2.24, 2.45) is 4.99 Å². The standard InChI is InChI=1S/C11H12N.Y/c1-2-11-7-9-5-3-4-6-10(9)8-12-11;/h3-4,6,8,11H,2,7H2,1H3;/q-1;/t11-;/m0./s1. The van der Waals surface area contributed by atoms with Crippen molar-refractivity contribution in [2.45, 2.75) is 25.8 Å². The molecular formula is C11H12NY-. The van der Waals surface area contributed by atoms with E-state index in [1.54, 1.807) is 0 Å². The Balaban J connectivity index is 0.000000845. The number of hydrogen-bond donors (Lipinski definition) is 0. The Bertz CT molecular complexity index is 307. The number of nitrogens with zero attached hydrogens (tertiary/aromatic N) is 1. The van der Waals surface area contributed by atoms with Crippen molar-refractivity contribution in [1.82, 2.24) is 0 Å². The molecule has 0 unspecified atom stereocenters. The number of benzene rings is 1. The van der Waals surface area contributed by atoms with Crippen LogP contribution in [0.1, 0.15) is 24.5 Å². The van der Waals surface area contributed by atoms with Crippen LogP contribution in [0.2, 0.25) is 0 Å². The van der Waals surface area contributed by atoms with Gasteiger partial charge >= 0.3 is 0 Å². The van der Waals surface area contributed by atoms with Crippen LogP contribution in [0, 0.1) is 6.07 Å². The first-order valence-electron chi connectivity index (χ1n) is 4.43. The maximum absolute atomic E-state index is 4.44. The maximum Gasteiger partial charge on any atom is 0.0505 e. The van der Waals surface area contributed by atoms with Crippen LogP contribution in [0.25, 0.3) is 0 Å². The van der Waals surface area contributed by atoms with Gasteiger partial charge in [0.05, 0.1) is 6.04 Å². The molecule has 1 aromatic rings. The summed E-state index contributed by atoms with van der Waals surface area (Å²) in [6, 6.07) is 9.83. The molecule has 0 bridgehead atoms. The Morgan fingerprint density at radius 1 is 1.62 bits per heavy atom. The van der Waals surface area contributed by atoms with Gasteiger partial charge in [0.2, 0.25) is 0 Å². The second-order valence-corrected chi connectivity index (χ2v) is 3.15. The average molecular weight is 247 g/mol. The molecule has 0 aliphatic carbocycles. The van der Waals surface area contributed by atoms with Crippen LogP contribution in [-0.2, 0) is 39.1 Å². The third kappa shape index (κ3) is 2.48. The predicted octanol–water partition coefficient (Wildman–Crippen LogP) is 2.24. The summed E-state index contributed by atoms with van der Waals surface area (Å²) in [7, 11) is 0. The maximum atomic E-state index is 4.44. The van der Waals surface area contributed by atoms with E-state index in [0.29, 0.717) is 6.04 Å². The number of aliphatic imine (C=N–C) groups is 1. The van der Waals surface area contributed by atoms with E-state index in [4.69, 9.17) is 0 Å². The SMILES string of the molecule is CC[C@H]1Cc2[c-]cccc2C=N1.[Y]. The zero-order chi connectivity index (χ0) is 8.39. The molecule has 2 rings (SSSR count). The van der Waals surface area contributed by atoms with Gasteiger partial charge in [0.25, 0.3) is 0 Å². The molecule has 1 aromatic carbocycles. The second-order valence-electron chi connectivity index (χ2n) is 3.15. The van der Waals surface area contributed by atoms with Crippen LogP contribution in [0.5, 0.6) is 0 Å². The number of hydrogen-bond acceptors (Lipinski definition) is 1. The van der Waals surface area contributed by atoms with Crippen molar-refractivity contribution in [3.63, 3.8) is 0 Å². The van der Waals surface area contributed by atoms with E-state index in [1.165, 1.54) is 11.1 Å². The van der Waals surface area contributed by atoms with Gasteiger partial charge < -0.3 is 4.99 Å². The summed E-state index contributed by atoms with van der Waals surface area (Å²) in [5.74, 6) is 0. The first-order chi connectivity index (χ1) is 5.90. The summed E-state index contributed by atoms with van der Waals surface area (Å²) in [5, 5.41) is 0. The van der Waals surface area contributed by atoms with E-state index >= 15 is 0 Å². The quantitative estimate of drug-likeness (QED) is 0.675. The van der Waals surface area contributed by atoms with Crippen LogP contribution in [-0.4, -0.2) is 12.3 Å². The third-order valence-corrected chi connectivity index (χ3v) is 2.31. The molecule has 0 saturated heterocycles. The molecule has 13 heavy (non-hydrogen) atoms. The molecule has 1 atom stereocenters. The second kappa shape index (κ2) is 5.02. The Kier molecular flexibility index (Phi) is 4.27. The summed E-state index contributed by atoms with van der Waals surface area (Å²) in [6.07, 6.45) is 4.16. The van der Waals surface area contributed by atoms with Crippen LogP contribution in [0.4, 0.5) is 0 Å². The summed E-state index contributed by atoms with van der Waals surface area (Å²) in [6.45, 7) is 2.18. The summed E-state index contributed by atoms with van der Waals surface area (Å²) in [5.41, 5.74) is 2.56. The van der Waals surface area contributed by atoms with Gasteiger partial charge in [-0.1, -0.05) is 6.92 Å². The molecule has 2 heteroatoms. The Morgan fingerprint density at radius 2 is 2.46 bits per heavy atom. The average Bonchev–Trinajstić information content (AvgIpc) is 2.17. The largest absolute Gasteiger partial charge is 0.302 e. The van der Waals surface area contributed by atoms with E-state index in [-0.39, 0.29) is 32.7 Å². The van der Waals surface area contributed by atoms with E-state index in [9.17, 15) is 0 Å². The van der Waals surface area contributed by atoms with E-state index in [1.807, 2.05) is 18.3 Å². The van der Waals surface area contributed by atoms with Gasteiger partial charge in [-0.2, -0.15) is 29.8 Å². The molecule has 0 saturated carbocycles. The van der Waals surface area contributed by atoms with Crippen molar-refractivity contribution in [1.29, 1.82) is 0 Å². The Hall–Kier alpha value is -0.00610. The van der Waals surface area contributed by atoms with E-state index < -0.39 is 0 Å². The van der Waals surface area contributed by atoms with Gasteiger partial charge in [-0.3, -0.25) is 0 Å². The van der Waals surface area contributed by atoms with Gasteiger partial charge in [0.1, 0.15) is 0 Å². The molecular weight excluding hydrogens is 235 g/mol. The molecule has 0 N–H and O–H groups in total. The summed E-state index contributed by atoms with van der Waals surface area (Å²) >= 11 is 0. The van der Waals surface area contributed by atoms with Gasteiger partial charge in [-0.15, -0.1) is 5.56 Å². The molecule has 0 spiro atoms. The first kappa shape index (κ1) is 11.1. The van der Waals surface area contributed by atoms with Gasteiger partial charge in [-0.25, -0.2) is 0 Å². The fourth-order valence-corrected chi connectivity index (χ4v) is 1.51. The van der Waals surface area contributed by atoms with Crippen LogP contribution in [0.3, 0.4) is 0 Å². The van der Waals surface area contributed by atoms with Crippen molar-refractivity contribution in [2.75, 3.05) is 0 Å². The molecule has 0 amide bonds. The van der Waals surface area contributed by atoms with Crippen molar-refractivity contribution >= 4 is 6.21 Å². The van der Waals surface area contributed by atoms with E-state index in [2.05, 4.69) is 24.0 Å². The minimum atomic E-state index is 0. The minimum Gasteiger partial charge on any atom is -0.302 e. The zero-order valence-electron chi connectivity index (χ0n) is 7.83. The molecule has 0 fully saturated rings. The molecule has 0 aromatic heterocycles. The Labute approximate surface area is 105 Å². The summed E-state index contributed by atoms with van der Waals surface area (Å²) in [4.78, 5) is 4.44. The fraction of sp³-hybridized carbons (Fsp3) is 0.364. The molecule has 1 nitrogen and oxygen atoms in total. The van der Waals surface area contributed by atoms with Crippen molar-refractivity contribution in [3.8, 4) is 0 Å². The third-order valence-electron chi connectivity index (χ3n) is 2.31. The molecule has 1 radical (unpaired) electrons. The van der Waals surface area contributed by atoms with Crippen LogP contribution in [0.15, 0.2) is 23.2 Å². The minimum absolute atomic E-state index is 0. The fourth-order valence-electron chi connectivity index (χ4n) is 1.51. The molecule has 65 valence electrons. The van der Waals surface area contributed by atoms with Crippen molar-refractivity contribution < 1.29 is 32.7 Å². The topological polar surface area (TPSA) is 12.4 Å². The molecule has 1 heterocycles. The van der Waals surface area contributed by atoms with Crippen LogP contribution < -0.4 is 0 Å². The Morgan fingerprint density at radius 3 is 3.23 bits per heavy atom.